The topological polar surface area (TPSA) is 66.5 Å². The molecule has 0 bridgehead atoms. The fourth-order valence-corrected chi connectivity index (χ4v) is 4.38. The largest absolute Gasteiger partial charge is 0.353 e. The average Bonchev–Trinajstić information content (AvgIpc) is 2.98. The van der Waals surface area contributed by atoms with Crippen LogP contribution in [-0.4, -0.2) is 56.9 Å². The summed E-state index contributed by atoms with van der Waals surface area (Å²) in [4.78, 5) is 14.5. The number of likely N-dealkylation sites (tertiary alicyclic amines) is 1. The van der Waals surface area contributed by atoms with E-state index in [2.05, 4.69) is 17.1 Å². The van der Waals surface area contributed by atoms with Gasteiger partial charge in [-0.05, 0) is 25.2 Å². The third-order valence-electron chi connectivity index (χ3n) is 5.32. The highest BCUT2D eigenvalue weighted by atomic mass is 32.2. The summed E-state index contributed by atoms with van der Waals surface area (Å²) in [6.45, 7) is 4.40. The van der Waals surface area contributed by atoms with Gasteiger partial charge in [0.15, 0.2) is 0 Å². The zero-order valence-electron chi connectivity index (χ0n) is 14.6. The molecule has 1 saturated carbocycles. The first-order chi connectivity index (χ1) is 10.8. The summed E-state index contributed by atoms with van der Waals surface area (Å²) in [5.74, 6) is 1.28. The Morgan fingerprint density at radius 2 is 1.78 bits per heavy atom. The molecule has 0 radical (unpaired) electrons. The van der Waals surface area contributed by atoms with Crippen LogP contribution in [0.15, 0.2) is 0 Å². The highest BCUT2D eigenvalue weighted by Gasteiger charge is 2.25. The van der Waals surface area contributed by atoms with Gasteiger partial charge >= 0.3 is 0 Å². The summed E-state index contributed by atoms with van der Waals surface area (Å²) >= 11 is 0. The molecule has 2 aliphatic rings. The van der Waals surface area contributed by atoms with Gasteiger partial charge in [-0.2, -0.15) is 0 Å². The zero-order valence-corrected chi connectivity index (χ0v) is 15.4. The van der Waals surface area contributed by atoms with E-state index in [9.17, 15) is 13.2 Å². The van der Waals surface area contributed by atoms with Crippen molar-refractivity contribution in [3.05, 3.63) is 0 Å². The number of carbonyl (C=O) groups excluding carboxylic acids is 1. The predicted molar refractivity (Wildman–Crippen MR) is 93.1 cm³/mol. The van der Waals surface area contributed by atoms with E-state index < -0.39 is 9.84 Å². The van der Waals surface area contributed by atoms with Gasteiger partial charge in [0.05, 0.1) is 5.75 Å². The minimum Gasteiger partial charge on any atom is -0.353 e. The van der Waals surface area contributed by atoms with Crippen molar-refractivity contribution in [1.29, 1.82) is 0 Å². The van der Waals surface area contributed by atoms with Gasteiger partial charge in [-0.25, -0.2) is 8.42 Å². The second-order valence-electron chi connectivity index (χ2n) is 7.54. The molecule has 0 aromatic rings. The number of hydrogen-bond acceptors (Lipinski definition) is 4. The third-order valence-corrected chi connectivity index (χ3v) is 6.25. The van der Waals surface area contributed by atoms with Gasteiger partial charge in [0, 0.05) is 37.8 Å². The molecule has 1 aliphatic carbocycles. The van der Waals surface area contributed by atoms with Gasteiger partial charge in [0.25, 0.3) is 0 Å². The highest BCUT2D eigenvalue weighted by molar-refractivity contribution is 7.90. The Morgan fingerprint density at radius 3 is 2.35 bits per heavy atom. The zero-order chi connectivity index (χ0) is 16.9. The van der Waals surface area contributed by atoms with Crippen LogP contribution in [0.3, 0.4) is 0 Å². The number of amides is 1. The smallest absolute Gasteiger partial charge is 0.223 e. The van der Waals surface area contributed by atoms with Crippen LogP contribution in [-0.2, 0) is 14.6 Å². The molecule has 0 unspecified atom stereocenters. The van der Waals surface area contributed by atoms with Crippen LogP contribution in [0.1, 0.15) is 51.9 Å². The second kappa shape index (κ2) is 8.47. The maximum absolute atomic E-state index is 12.3. The molecule has 23 heavy (non-hydrogen) atoms. The average molecular weight is 345 g/mol. The fourth-order valence-electron chi connectivity index (χ4n) is 3.79. The van der Waals surface area contributed by atoms with E-state index in [1.807, 2.05) is 0 Å². The molecular weight excluding hydrogens is 312 g/mol. The molecule has 1 saturated heterocycles. The molecule has 1 atom stereocenters. The Morgan fingerprint density at radius 1 is 1.17 bits per heavy atom. The van der Waals surface area contributed by atoms with Crippen molar-refractivity contribution in [2.45, 2.75) is 57.9 Å². The molecule has 0 aromatic heterocycles. The van der Waals surface area contributed by atoms with Gasteiger partial charge < -0.3 is 10.2 Å². The van der Waals surface area contributed by atoms with E-state index in [0.717, 1.165) is 38.3 Å². The lowest BCUT2D eigenvalue weighted by atomic mass is 9.93. The maximum Gasteiger partial charge on any atom is 0.223 e. The summed E-state index contributed by atoms with van der Waals surface area (Å²) < 4.78 is 22.4. The molecule has 2 rings (SSSR count). The molecule has 0 spiro atoms. The van der Waals surface area contributed by atoms with Crippen LogP contribution < -0.4 is 5.32 Å². The molecule has 134 valence electrons. The highest BCUT2D eigenvalue weighted by Crippen LogP contribution is 2.30. The second-order valence-corrected chi connectivity index (χ2v) is 9.80. The number of nitrogens with zero attached hydrogens (tertiary/aromatic N) is 1. The number of hydrogen-bond donors (Lipinski definition) is 1. The van der Waals surface area contributed by atoms with Crippen LogP contribution in [0.5, 0.6) is 0 Å². The predicted octanol–water partition coefficient (Wildman–Crippen LogP) is 1.83. The molecular formula is C17H32N2O3S. The van der Waals surface area contributed by atoms with Crippen LogP contribution in [0.4, 0.5) is 0 Å². The Hall–Kier alpha value is -0.620. The van der Waals surface area contributed by atoms with E-state index in [0.29, 0.717) is 6.54 Å². The Kier molecular flexibility index (Phi) is 6.89. The van der Waals surface area contributed by atoms with Crippen LogP contribution in [0, 0.1) is 11.8 Å². The van der Waals surface area contributed by atoms with Crippen molar-refractivity contribution >= 4 is 15.7 Å². The number of piperidine rings is 1. The van der Waals surface area contributed by atoms with Crippen LogP contribution in [0.2, 0.25) is 0 Å². The minimum atomic E-state index is -2.89. The first-order valence-electron chi connectivity index (χ1n) is 9.04. The normalized spacial score (nSPS) is 23.0. The van der Waals surface area contributed by atoms with Crippen molar-refractivity contribution < 1.29 is 13.2 Å². The summed E-state index contributed by atoms with van der Waals surface area (Å²) in [5, 5.41) is 3.20. The van der Waals surface area contributed by atoms with Crippen molar-refractivity contribution in [2.75, 3.05) is 31.6 Å². The molecule has 1 amide bonds. The summed E-state index contributed by atoms with van der Waals surface area (Å²) in [6.07, 6.45) is 9.38. The lowest BCUT2D eigenvalue weighted by molar-refractivity contribution is -0.126. The SMILES string of the molecule is C[C@H](CC1CCCC1)C(=O)NC1CCN(CCS(C)(=O)=O)CC1. The van der Waals surface area contributed by atoms with E-state index in [1.54, 1.807) is 0 Å². The Labute approximate surface area is 141 Å². The fraction of sp³-hybridized carbons (Fsp3) is 0.941. The number of rotatable bonds is 7. The molecule has 1 aliphatic heterocycles. The van der Waals surface area contributed by atoms with Crippen molar-refractivity contribution in [1.82, 2.24) is 10.2 Å². The Bertz CT molecular complexity index is 478. The van der Waals surface area contributed by atoms with E-state index >= 15 is 0 Å². The molecule has 5 nitrogen and oxygen atoms in total. The first-order valence-corrected chi connectivity index (χ1v) is 11.1. The molecule has 1 heterocycles. The summed E-state index contributed by atoms with van der Waals surface area (Å²) in [6, 6.07) is 0.253. The number of sulfone groups is 1. The minimum absolute atomic E-state index is 0.112. The maximum atomic E-state index is 12.3. The van der Waals surface area contributed by atoms with E-state index in [-0.39, 0.29) is 23.6 Å². The third kappa shape index (κ3) is 6.79. The molecule has 1 N–H and O–H groups in total. The molecule has 0 aromatic carbocycles. The van der Waals surface area contributed by atoms with Crippen LogP contribution in [0.25, 0.3) is 0 Å². The number of carbonyl (C=O) groups is 1. The summed E-state index contributed by atoms with van der Waals surface area (Å²) in [5.41, 5.74) is 0. The lowest BCUT2D eigenvalue weighted by Gasteiger charge is -2.32. The van der Waals surface area contributed by atoms with Gasteiger partial charge in [-0.3, -0.25) is 4.79 Å². The standard InChI is InChI=1S/C17H32N2O3S/c1-14(13-15-5-3-4-6-15)17(20)18-16-7-9-19(10-8-16)11-12-23(2,21)22/h14-16H,3-13H2,1-2H3,(H,18,20)/t14-/m1/s1. The van der Waals surface area contributed by atoms with Crippen molar-refractivity contribution in [2.24, 2.45) is 11.8 Å². The van der Waals surface area contributed by atoms with Gasteiger partial charge in [-0.15, -0.1) is 0 Å². The number of nitrogens with one attached hydrogen (secondary N) is 1. The van der Waals surface area contributed by atoms with Gasteiger partial charge in [0.1, 0.15) is 9.84 Å². The first kappa shape index (κ1) is 18.7. The molecule has 2 fully saturated rings. The monoisotopic (exact) mass is 344 g/mol. The van der Waals surface area contributed by atoms with Crippen molar-refractivity contribution in [3.8, 4) is 0 Å². The Balaban J connectivity index is 1.65. The quantitative estimate of drug-likeness (QED) is 0.765. The molecule has 6 heteroatoms. The van der Waals surface area contributed by atoms with Crippen molar-refractivity contribution in [3.63, 3.8) is 0 Å². The van der Waals surface area contributed by atoms with Gasteiger partial charge in [0.2, 0.25) is 5.91 Å². The van der Waals surface area contributed by atoms with Gasteiger partial charge in [-0.1, -0.05) is 32.6 Å². The van der Waals surface area contributed by atoms with E-state index in [1.165, 1.54) is 31.9 Å². The van der Waals surface area contributed by atoms with E-state index in [4.69, 9.17) is 0 Å². The van der Waals surface area contributed by atoms with Crippen LogP contribution >= 0.6 is 0 Å². The summed E-state index contributed by atoms with van der Waals surface area (Å²) in [7, 11) is -2.89. The lowest BCUT2D eigenvalue weighted by Crippen LogP contribution is -2.47.